The molecular formula is C21H26N2O3S. The van der Waals surface area contributed by atoms with Crippen LogP contribution >= 0.6 is 0 Å². The highest BCUT2D eigenvalue weighted by molar-refractivity contribution is 7.89. The summed E-state index contributed by atoms with van der Waals surface area (Å²) in [6.07, 6.45) is 5.60. The van der Waals surface area contributed by atoms with Gasteiger partial charge in [-0.05, 0) is 55.2 Å². The Morgan fingerprint density at radius 3 is 2.59 bits per heavy atom. The number of aromatic amines is 1. The second-order valence-electron chi connectivity index (χ2n) is 6.53. The van der Waals surface area contributed by atoms with Gasteiger partial charge in [0.1, 0.15) is 5.75 Å². The molecule has 0 atom stereocenters. The largest absolute Gasteiger partial charge is 0.494 e. The molecule has 0 radical (unpaired) electrons. The maximum atomic E-state index is 12.4. The monoisotopic (exact) mass is 386 g/mol. The molecule has 0 fully saturated rings. The van der Waals surface area contributed by atoms with E-state index in [1.165, 1.54) is 10.9 Å². The predicted octanol–water partition coefficient (Wildman–Crippen LogP) is 4.26. The third-order valence-corrected chi connectivity index (χ3v) is 5.97. The Kier molecular flexibility index (Phi) is 6.53. The molecule has 2 N–H and O–H groups in total. The highest BCUT2D eigenvalue weighted by Crippen LogP contribution is 2.19. The molecule has 1 aromatic heterocycles. The molecule has 0 unspecified atom stereocenters. The third kappa shape index (κ3) is 5.11. The number of unbranched alkanes of at least 4 members (excludes halogenated alkanes) is 1. The van der Waals surface area contributed by atoms with E-state index in [2.05, 4.69) is 22.7 Å². The van der Waals surface area contributed by atoms with Crippen molar-refractivity contribution >= 4 is 20.9 Å². The van der Waals surface area contributed by atoms with E-state index in [-0.39, 0.29) is 4.90 Å². The lowest BCUT2D eigenvalue weighted by molar-refractivity contribution is 0.309. The van der Waals surface area contributed by atoms with Crippen molar-refractivity contribution in [3.8, 4) is 5.75 Å². The van der Waals surface area contributed by atoms with E-state index in [1.54, 1.807) is 24.3 Å². The van der Waals surface area contributed by atoms with Crippen LogP contribution in [0, 0.1) is 0 Å². The molecule has 0 aliphatic heterocycles. The zero-order valence-electron chi connectivity index (χ0n) is 15.6. The third-order valence-electron chi connectivity index (χ3n) is 4.49. The van der Waals surface area contributed by atoms with Gasteiger partial charge in [0.25, 0.3) is 0 Å². The number of aryl methyl sites for hydroxylation is 1. The normalized spacial score (nSPS) is 11.7. The summed E-state index contributed by atoms with van der Waals surface area (Å²) in [6.45, 7) is 3.15. The molecule has 6 heteroatoms. The number of hydrogen-bond acceptors (Lipinski definition) is 3. The summed E-state index contributed by atoms with van der Waals surface area (Å²) in [7, 11) is -3.50. The Balaban J connectivity index is 1.51. The van der Waals surface area contributed by atoms with Gasteiger partial charge < -0.3 is 9.72 Å². The maximum Gasteiger partial charge on any atom is 0.240 e. The fourth-order valence-corrected chi connectivity index (χ4v) is 4.03. The molecule has 0 saturated carbocycles. The van der Waals surface area contributed by atoms with Crippen molar-refractivity contribution in [2.24, 2.45) is 0 Å². The fourth-order valence-electron chi connectivity index (χ4n) is 2.96. The molecule has 1 heterocycles. The first-order chi connectivity index (χ1) is 13.1. The molecular weight excluding hydrogens is 360 g/mol. The van der Waals surface area contributed by atoms with Gasteiger partial charge in [-0.15, -0.1) is 0 Å². The van der Waals surface area contributed by atoms with Crippen LogP contribution in [-0.4, -0.2) is 26.6 Å². The summed E-state index contributed by atoms with van der Waals surface area (Å²) in [5.41, 5.74) is 2.31. The number of rotatable bonds is 10. The van der Waals surface area contributed by atoms with Crippen molar-refractivity contribution in [1.82, 2.24) is 9.71 Å². The maximum absolute atomic E-state index is 12.4. The van der Waals surface area contributed by atoms with Crippen LogP contribution in [0.5, 0.6) is 5.75 Å². The minimum atomic E-state index is -3.50. The Morgan fingerprint density at radius 1 is 1.04 bits per heavy atom. The molecule has 0 amide bonds. The molecule has 2 aromatic carbocycles. The molecule has 144 valence electrons. The van der Waals surface area contributed by atoms with Crippen LogP contribution in [0.1, 0.15) is 31.7 Å². The van der Waals surface area contributed by atoms with Crippen LogP contribution in [0.4, 0.5) is 0 Å². The first kappa shape index (κ1) is 19.5. The van der Waals surface area contributed by atoms with Crippen LogP contribution in [0.25, 0.3) is 10.9 Å². The van der Waals surface area contributed by atoms with Crippen molar-refractivity contribution < 1.29 is 13.2 Å². The van der Waals surface area contributed by atoms with Crippen molar-refractivity contribution in [1.29, 1.82) is 0 Å². The van der Waals surface area contributed by atoms with Gasteiger partial charge in [0.15, 0.2) is 0 Å². The number of benzene rings is 2. The van der Waals surface area contributed by atoms with Gasteiger partial charge in [-0.25, -0.2) is 13.1 Å². The Labute approximate surface area is 160 Å². The van der Waals surface area contributed by atoms with E-state index in [1.807, 2.05) is 24.4 Å². The van der Waals surface area contributed by atoms with E-state index >= 15 is 0 Å². The highest BCUT2D eigenvalue weighted by atomic mass is 32.2. The lowest BCUT2D eigenvalue weighted by Gasteiger charge is -2.09. The first-order valence-electron chi connectivity index (χ1n) is 9.37. The number of sulfonamides is 1. The molecule has 27 heavy (non-hydrogen) atoms. The van der Waals surface area contributed by atoms with Gasteiger partial charge in [-0.2, -0.15) is 0 Å². The zero-order chi connectivity index (χ0) is 19.1. The summed E-state index contributed by atoms with van der Waals surface area (Å²) >= 11 is 0. The van der Waals surface area contributed by atoms with E-state index in [0.717, 1.165) is 31.2 Å². The quantitative estimate of drug-likeness (QED) is 0.512. The summed E-state index contributed by atoms with van der Waals surface area (Å²) in [4.78, 5) is 3.51. The average Bonchev–Trinajstić information content (AvgIpc) is 3.09. The molecule has 0 aliphatic carbocycles. The molecule has 3 rings (SSSR count). The van der Waals surface area contributed by atoms with E-state index in [9.17, 15) is 8.42 Å². The van der Waals surface area contributed by atoms with Gasteiger partial charge in [-0.3, -0.25) is 0 Å². The van der Waals surface area contributed by atoms with Crippen LogP contribution in [0.15, 0.2) is 59.6 Å². The van der Waals surface area contributed by atoms with Crippen molar-refractivity contribution in [2.75, 3.05) is 13.2 Å². The van der Waals surface area contributed by atoms with Crippen molar-refractivity contribution in [2.45, 2.75) is 37.5 Å². The Bertz CT molecular complexity index is 963. The van der Waals surface area contributed by atoms with Crippen molar-refractivity contribution in [3.05, 3.63) is 60.3 Å². The number of hydrogen-bond donors (Lipinski definition) is 2. The van der Waals surface area contributed by atoms with Gasteiger partial charge in [0, 0.05) is 23.6 Å². The standard InChI is InChI=1S/C21H26N2O3S/c1-2-3-15-26-18-10-12-19(13-11-18)27(24,25)23-14-6-7-17-16-22-21-9-5-4-8-20(17)21/h4-5,8-13,16,22-23H,2-3,6-7,14-15H2,1H3. The molecule has 0 saturated heterocycles. The molecule has 0 spiro atoms. The second-order valence-corrected chi connectivity index (χ2v) is 8.30. The number of aromatic nitrogens is 1. The van der Waals surface area contributed by atoms with Crippen LogP contribution < -0.4 is 9.46 Å². The fraction of sp³-hybridized carbons (Fsp3) is 0.333. The van der Waals surface area contributed by atoms with Crippen LogP contribution in [0.2, 0.25) is 0 Å². The minimum absolute atomic E-state index is 0.262. The van der Waals surface area contributed by atoms with Gasteiger partial charge in [0.05, 0.1) is 11.5 Å². The summed E-state index contributed by atoms with van der Waals surface area (Å²) in [5.74, 6) is 0.696. The van der Waals surface area contributed by atoms with Gasteiger partial charge >= 0.3 is 0 Å². The number of para-hydroxylation sites is 1. The van der Waals surface area contributed by atoms with Crippen molar-refractivity contribution in [3.63, 3.8) is 0 Å². The van der Waals surface area contributed by atoms with Gasteiger partial charge in [-0.1, -0.05) is 31.5 Å². The van der Waals surface area contributed by atoms with Gasteiger partial charge in [0.2, 0.25) is 10.0 Å². The molecule has 5 nitrogen and oxygen atoms in total. The number of fused-ring (bicyclic) bond motifs is 1. The molecule has 0 aliphatic rings. The SMILES string of the molecule is CCCCOc1ccc(S(=O)(=O)NCCCc2c[nH]c3ccccc23)cc1. The summed E-state index contributed by atoms with van der Waals surface area (Å²) in [5, 5.41) is 1.19. The molecule has 0 bridgehead atoms. The van der Waals surface area contributed by atoms with Crippen LogP contribution in [0.3, 0.4) is 0 Å². The minimum Gasteiger partial charge on any atom is -0.494 e. The highest BCUT2D eigenvalue weighted by Gasteiger charge is 2.13. The zero-order valence-corrected chi connectivity index (χ0v) is 16.4. The summed E-state index contributed by atoms with van der Waals surface area (Å²) < 4.78 is 33.1. The van der Waals surface area contributed by atoms with E-state index in [0.29, 0.717) is 18.9 Å². The number of ether oxygens (including phenoxy) is 1. The molecule has 3 aromatic rings. The smallest absolute Gasteiger partial charge is 0.240 e. The van der Waals surface area contributed by atoms with E-state index in [4.69, 9.17) is 4.74 Å². The Hall–Kier alpha value is -2.31. The summed E-state index contributed by atoms with van der Waals surface area (Å²) in [6, 6.07) is 14.7. The Morgan fingerprint density at radius 2 is 1.81 bits per heavy atom. The topological polar surface area (TPSA) is 71.2 Å². The average molecular weight is 387 g/mol. The predicted molar refractivity (Wildman–Crippen MR) is 109 cm³/mol. The first-order valence-corrected chi connectivity index (χ1v) is 10.9. The lowest BCUT2D eigenvalue weighted by Crippen LogP contribution is -2.25. The second kappa shape index (κ2) is 9.06. The van der Waals surface area contributed by atoms with E-state index < -0.39 is 10.0 Å². The number of nitrogens with one attached hydrogen (secondary N) is 2. The number of H-pyrrole nitrogens is 1. The lowest BCUT2D eigenvalue weighted by atomic mass is 10.1. The van der Waals surface area contributed by atoms with Crippen LogP contribution in [-0.2, 0) is 16.4 Å².